The van der Waals surface area contributed by atoms with Gasteiger partial charge in [0.05, 0.1) is 31.6 Å². The van der Waals surface area contributed by atoms with E-state index in [-0.39, 0.29) is 25.3 Å². The summed E-state index contributed by atoms with van der Waals surface area (Å²) in [5, 5.41) is 21.5. The molecule has 96 valence electrons. The molecule has 1 atom stereocenters. The average Bonchev–Trinajstić information content (AvgIpc) is 2.95. The van der Waals surface area contributed by atoms with Gasteiger partial charge in [0.15, 0.2) is 0 Å². The molecule has 4 heteroatoms. The monoisotopic (exact) mass is 247 g/mol. The summed E-state index contributed by atoms with van der Waals surface area (Å²) in [5.74, 6) is 0.758. The van der Waals surface area contributed by atoms with Crippen LogP contribution in [0.15, 0.2) is 53.1 Å². The van der Waals surface area contributed by atoms with Gasteiger partial charge in [-0.3, -0.25) is 5.32 Å². The Morgan fingerprint density at radius 2 is 1.72 bits per heavy atom. The van der Waals surface area contributed by atoms with Crippen LogP contribution in [0.4, 0.5) is 0 Å². The number of aliphatic hydroxyl groups is 2. The molecule has 0 radical (unpaired) electrons. The second-order valence-corrected chi connectivity index (χ2v) is 4.09. The quantitative estimate of drug-likeness (QED) is 0.720. The van der Waals surface area contributed by atoms with Gasteiger partial charge in [-0.1, -0.05) is 30.3 Å². The number of hydrogen-bond acceptors (Lipinski definition) is 4. The van der Waals surface area contributed by atoms with Gasteiger partial charge in [0.1, 0.15) is 5.76 Å². The highest BCUT2D eigenvalue weighted by atomic mass is 16.3. The fourth-order valence-electron chi connectivity index (χ4n) is 1.84. The van der Waals surface area contributed by atoms with Crippen molar-refractivity contribution in [3.63, 3.8) is 0 Å². The summed E-state index contributed by atoms with van der Waals surface area (Å²) in [6.07, 6.45) is 1.61. The lowest BCUT2D eigenvalue weighted by Gasteiger charge is -2.22. The first-order valence-electron chi connectivity index (χ1n) is 5.91. The lowest BCUT2D eigenvalue weighted by Crippen LogP contribution is -2.38. The first kappa shape index (κ1) is 12.8. The minimum atomic E-state index is -0.375. The molecule has 0 spiro atoms. The molecule has 1 unspecified atom stereocenters. The predicted molar refractivity (Wildman–Crippen MR) is 68.1 cm³/mol. The Morgan fingerprint density at radius 1 is 1.00 bits per heavy atom. The maximum absolute atomic E-state index is 9.17. The van der Waals surface area contributed by atoms with Gasteiger partial charge in [0.25, 0.3) is 0 Å². The highest BCUT2D eigenvalue weighted by Gasteiger charge is 2.19. The minimum absolute atomic E-state index is 0.124. The van der Waals surface area contributed by atoms with Crippen molar-refractivity contribution in [1.82, 2.24) is 5.32 Å². The Hall–Kier alpha value is -1.62. The zero-order chi connectivity index (χ0) is 12.8. The van der Waals surface area contributed by atoms with Gasteiger partial charge in [-0.15, -0.1) is 0 Å². The van der Waals surface area contributed by atoms with Gasteiger partial charge in [-0.05, 0) is 17.7 Å². The molecule has 0 bridgehead atoms. The molecule has 0 aliphatic heterocycles. The molecule has 2 rings (SSSR count). The topological polar surface area (TPSA) is 65.6 Å². The van der Waals surface area contributed by atoms with Crippen molar-refractivity contribution in [2.75, 3.05) is 13.2 Å². The molecular formula is C14H17NO3. The maximum Gasteiger partial charge on any atom is 0.125 e. The SMILES string of the molecule is OCC(CO)NC(c1ccccc1)c1ccco1. The van der Waals surface area contributed by atoms with E-state index in [9.17, 15) is 0 Å². The highest BCUT2D eigenvalue weighted by Crippen LogP contribution is 2.22. The number of nitrogens with one attached hydrogen (secondary N) is 1. The second-order valence-electron chi connectivity index (χ2n) is 4.09. The predicted octanol–water partition coefficient (Wildman–Crippen LogP) is 1.31. The van der Waals surface area contributed by atoms with Crippen LogP contribution in [0.3, 0.4) is 0 Å². The number of rotatable bonds is 6. The Balaban J connectivity index is 2.24. The van der Waals surface area contributed by atoms with E-state index in [4.69, 9.17) is 14.6 Å². The van der Waals surface area contributed by atoms with Crippen LogP contribution in [0.1, 0.15) is 17.4 Å². The van der Waals surface area contributed by atoms with Crippen molar-refractivity contribution >= 4 is 0 Å². The Morgan fingerprint density at radius 3 is 2.28 bits per heavy atom. The van der Waals surface area contributed by atoms with Crippen LogP contribution >= 0.6 is 0 Å². The third-order valence-electron chi connectivity index (χ3n) is 2.80. The molecule has 1 aromatic heterocycles. The van der Waals surface area contributed by atoms with Gasteiger partial charge >= 0.3 is 0 Å². The standard InChI is InChI=1S/C14H17NO3/c16-9-12(10-17)15-14(13-7-4-8-18-13)11-5-2-1-3-6-11/h1-8,12,14-17H,9-10H2. The summed E-state index contributed by atoms with van der Waals surface area (Å²) < 4.78 is 5.41. The van der Waals surface area contributed by atoms with Crippen molar-refractivity contribution < 1.29 is 14.6 Å². The number of aliphatic hydroxyl groups excluding tert-OH is 2. The third-order valence-corrected chi connectivity index (χ3v) is 2.80. The van der Waals surface area contributed by atoms with Crippen LogP contribution in [-0.4, -0.2) is 29.5 Å². The van der Waals surface area contributed by atoms with Gasteiger partial charge < -0.3 is 14.6 Å². The van der Waals surface area contributed by atoms with E-state index in [1.54, 1.807) is 6.26 Å². The second kappa shape index (κ2) is 6.35. The molecular weight excluding hydrogens is 230 g/mol. The zero-order valence-corrected chi connectivity index (χ0v) is 9.99. The minimum Gasteiger partial charge on any atom is -0.467 e. The van der Waals surface area contributed by atoms with Crippen molar-refractivity contribution in [2.45, 2.75) is 12.1 Å². The number of hydrogen-bond donors (Lipinski definition) is 3. The average molecular weight is 247 g/mol. The molecule has 0 amide bonds. The van der Waals surface area contributed by atoms with Gasteiger partial charge in [0, 0.05) is 0 Å². The fraction of sp³-hybridized carbons (Fsp3) is 0.286. The Kier molecular flexibility index (Phi) is 4.52. The molecule has 0 aliphatic rings. The highest BCUT2D eigenvalue weighted by molar-refractivity contribution is 5.26. The number of furan rings is 1. The summed E-state index contributed by atoms with van der Waals surface area (Å²) in [7, 11) is 0. The van der Waals surface area contributed by atoms with E-state index < -0.39 is 0 Å². The molecule has 4 nitrogen and oxygen atoms in total. The largest absolute Gasteiger partial charge is 0.467 e. The van der Waals surface area contributed by atoms with Crippen LogP contribution in [0.2, 0.25) is 0 Å². The van der Waals surface area contributed by atoms with E-state index in [0.29, 0.717) is 0 Å². The molecule has 1 aromatic carbocycles. The van der Waals surface area contributed by atoms with Crippen LogP contribution in [0.5, 0.6) is 0 Å². The summed E-state index contributed by atoms with van der Waals surface area (Å²) in [6.45, 7) is -0.249. The van der Waals surface area contributed by atoms with Gasteiger partial charge in [-0.2, -0.15) is 0 Å². The Bertz CT molecular complexity index is 437. The van der Waals surface area contributed by atoms with Crippen LogP contribution < -0.4 is 5.32 Å². The van der Waals surface area contributed by atoms with Crippen molar-refractivity contribution in [3.8, 4) is 0 Å². The molecule has 18 heavy (non-hydrogen) atoms. The van der Waals surface area contributed by atoms with E-state index in [1.165, 1.54) is 0 Å². The molecule has 0 saturated carbocycles. The summed E-state index contributed by atoms with van der Waals surface area (Å²) in [6, 6.07) is 12.9. The molecule has 2 aromatic rings. The molecule has 0 aliphatic carbocycles. The van der Waals surface area contributed by atoms with Crippen LogP contribution in [0, 0.1) is 0 Å². The Labute approximate surface area is 106 Å². The van der Waals surface area contributed by atoms with E-state index in [2.05, 4.69) is 5.32 Å². The summed E-state index contributed by atoms with van der Waals surface area (Å²) in [4.78, 5) is 0. The first-order chi connectivity index (χ1) is 8.85. The zero-order valence-electron chi connectivity index (χ0n) is 9.99. The van der Waals surface area contributed by atoms with E-state index in [0.717, 1.165) is 11.3 Å². The van der Waals surface area contributed by atoms with Crippen LogP contribution in [-0.2, 0) is 0 Å². The van der Waals surface area contributed by atoms with Crippen molar-refractivity contribution in [1.29, 1.82) is 0 Å². The van der Waals surface area contributed by atoms with E-state index >= 15 is 0 Å². The molecule has 1 heterocycles. The van der Waals surface area contributed by atoms with Crippen molar-refractivity contribution in [3.05, 3.63) is 60.1 Å². The van der Waals surface area contributed by atoms with E-state index in [1.807, 2.05) is 42.5 Å². The molecule has 0 fully saturated rings. The lowest BCUT2D eigenvalue weighted by molar-refractivity contribution is 0.163. The first-order valence-corrected chi connectivity index (χ1v) is 5.91. The molecule has 3 N–H and O–H groups in total. The third kappa shape index (κ3) is 2.98. The van der Waals surface area contributed by atoms with Crippen LogP contribution in [0.25, 0.3) is 0 Å². The van der Waals surface area contributed by atoms with Gasteiger partial charge in [-0.25, -0.2) is 0 Å². The number of benzene rings is 1. The van der Waals surface area contributed by atoms with Gasteiger partial charge in [0.2, 0.25) is 0 Å². The summed E-state index contributed by atoms with van der Waals surface area (Å²) in [5.41, 5.74) is 1.03. The smallest absolute Gasteiger partial charge is 0.125 e. The molecule has 0 saturated heterocycles. The van der Waals surface area contributed by atoms with Crippen molar-refractivity contribution in [2.24, 2.45) is 0 Å². The lowest BCUT2D eigenvalue weighted by atomic mass is 10.0. The summed E-state index contributed by atoms with van der Waals surface area (Å²) >= 11 is 0. The normalized spacial score (nSPS) is 12.8. The maximum atomic E-state index is 9.17. The fourth-order valence-corrected chi connectivity index (χ4v) is 1.84.